The highest BCUT2D eigenvalue weighted by molar-refractivity contribution is 6.13. The second kappa shape index (κ2) is 6.02. The number of benzene rings is 2. The molecule has 0 aliphatic heterocycles. The summed E-state index contributed by atoms with van der Waals surface area (Å²) in [5.41, 5.74) is 1.44. The predicted molar refractivity (Wildman–Crippen MR) is 78.6 cm³/mol. The van der Waals surface area contributed by atoms with Crippen molar-refractivity contribution in [1.29, 1.82) is 0 Å². The number of carboxylic acid groups (broad SMARTS) is 2. The number of aromatic carboxylic acids is 2. The Balaban J connectivity index is 0.000000956. The number of hydrogen-bond donors (Lipinski definition) is 2. The van der Waals surface area contributed by atoms with Crippen LogP contribution < -0.4 is 0 Å². The van der Waals surface area contributed by atoms with Gasteiger partial charge in [0.15, 0.2) is 0 Å². The van der Waals surface area contributed by atoms with Crippen molar-refractivity contribution >= 4 is 22.7 Å². The molecule has 0 spiro atoms. The highest BCUT2D eigenvalue weighted by Gasteiger charge is 2.18. The molecule has 0 saturated heterocycles. The minimum Gasteiger partial charge on any atom is -0.478 e. The SMILES string of the molecule is C=C.Cc1cc(C(=O)O)c2c(C(=O)O)c(C)ccc2c1. The number of fused-ring (bicyclic) bond motifs is 1. The minimum absolute atomic E-state index is 0.0334. The van der Waals surface area contributed by atoms with Gasteiger partial charge in [-0.05, 0) is 36.4 Å². The fourth-order valence-electron chi connectivity index (χ4n) is 2.16. The zero-order chi connectivity index (χ0) is 15.4. The molecule has 0 atom stereocenters. The van der Waals surface area contributed by atoms with Gasteiger partial charge in [-0.25, -0.2) is 9.59 Å². The molecule has 4 heteroatoms. The third-order valence-corrected chi connectivity index (χ3v) is 2.91. The number of carboxylic acids is 2. The van der Waals surface area contributed by atoms with E-state index in [2.05, 4.69) is 13.2 Å². The van der Waals surface area contributed by atoms with E-state index in [4.69, 9.17) is 0 Å². The van der Waals surface area contributed by atoms with Crippen molar-refractivity contribution in [2.24, 2.45) is 0 Å². The highest BCUT2D eigenvalue weighted by atomic mass is 16.4. The van der Waals surface area contributed by atoms with Gasteiger partial charge in [0.05, 0.1) is 11.1 Å². The first-order valence-electron chi connectivity index (χ1n) is 5.92. The number of rotatable bonds is 2. The van der Waals surface area contributed by atoms with Crippen LogP contribution in [0.1, 0.15) is 31.8 Å². The molecule has 0 unspecified atom stereocenters. The molecule has 4 nitrogen and oxygen atoms in total. The van der Waals surface area contributed by atoms with Crippen LogP contribution >= 0.6 is 0 Å². The van der Waals surface area contributed by atoms with Gasteiger partial charge in [0, 0.05) is 5.39 Å². The van der Waals surface area contributed by atoms with Gasteiger partial charge in [-0.15, -0.1) is 13.2 Å². The number of hydrogen-bond acceptors (Lipinski definition) is 2. The number of carbonyl (C=O) groups is 2. The average Bonchev–Trinajstić information content (AvgIpc) is 2.39. The van der Waals surface area contributed by atoms with Gasteiger partial charge in [-0.2, -0.15) is 0 Å². The molecule has 2 aromatic rings. The molecular weight excluding hydrogens is 256 g/mol. The van der Waals surface area contributed by atoms with Crippen molar-refractivity contribution < 1.29 is 19.8 Å². The zero-order valence-electron chi connectivity index (χ0n) is 11.4. The second-order valence-electron chi connectivity index (χ2n) is 4.28. The summed E-state index contributed by atoms with van der Waals surface area (Å²) in [6.07, 6.45) is 0. The molecule has 104 valence electrons. The van der Waals surface area contributed by atoms with Crippen molar-refractivity contribution in [2.75, 3.05) is 0 Å². The fraction of sp³-hybridized carbons (Fsp3) is 0.125. The van der Waals surface area contributed by atoms with Gasteiger partial charge in [-0.3, -0.25) is 0 Å². The monoisotopic (exact) mass is 272 g/mol. The lowest BCUT2D eigenvalue weighted by Gasteiger charge is -2.10. The summed E-state index contributed by atoms with van der Waals surface area (Å²) < 4.78 is 0. The van der Waals surface area contributed by atoms with Crippen LogP contribution in [0.4, 0.5) is 0 Å². The quantitative estimate of drug-likeness (QED) is 0.818. The normalized spacial score (nSPS) is 9.70. The molecular formula is C16H16O4. The summed E-state index contributed by atoms with van der Waals surface area (Å²) in [4.78, 5) is 22.6. The van der Waals surface area contributed by atoms with E-state index in [9.17, 15) is 19.8 Å². The van der Waals surface area contributed by atoms with Gasteiger partial charge in [0.25, 0.3) is 0 Å². The average molecular weight is 272 g/mol. The van der Waals surface area contributed by atoms with Crippen LogP contribution in [0.5, 0.6) is 0 Å². The lowest BCUT2D eigenvalue weighted by molar-refractivity contribution is 0.0695. The lowest BCUT2D eigenvalue weighted by atomic mass is 9.94. The summed E-state index contributed by atoms with van der Waals surface area (Å²) in [6.45, 7) is 9.44. The third-order valence-electron chi connectivity index (χ3n) is 2.91. The smallest absolute Gasteiger partial charge is 0.336 e. The summed E-state index contributed by atoms with van der Waals surface area (Å²) in [6, 6.07) is 6.72. The van der Waals surface area contributed by atoms with Gasteiger partial charge in [0.1, 0.15) is 0 Å². The standard InChI is InChI=1S/C14H12O4.C2H4/c1-7-5-9-4-3-8(2)11(14(17)18)12(9)10(6-7)13(15)16;1-2/h3-6H,1-2H3,(H,15,16)(H,17,18);1-2H2. The maximum Gasteiger partial charge on any atom is 0.336 e. The van der Waals surface area contributed by atoms with Crippen LogP contribution in [-0.2, 0) is 0 Å². The Bertz CT molecular complexity index is 686. The van der Waals surface area contributed by atoms with E-state index < -0.39 is 11.9 Å². The first kappa shape index (κ1) is 15.4. The van der Waals surface area contributed by atoms with E-state index in [0.29, 0.717) is 16.3 Å². The minimum atomic E-state index is -1.11. The van der Waals surface area contributed by atoms with Crippen molar-refractivity contribution in [2.45, 2.75) is 13.8 Å². The second-order valence-corrected chi connectivity index (χ2v) is 4.28. The molecule has 0 aromatic heterocycles. The summed E-state index contributed by atoms with van der Waals surface area (Å²) in [5.74, 6) is -2.22. The van der Waals surface area contributed by atoms with E-state index in [-0.39, 0.29) is 11.1 Å². The molecule has 20 heavy (non-hydrogen) atoms. The van der Waals surface area contributed by atoms with Crippen molar-refractivity contribution in [1.82, 2.24) is 0 Å². The van der Waals surface area contributed by atoms with Crippen LogP contribution in [-0.4, -0.2) is 22.2 Å². The Morgan fingerprint density at radius 3 is 2.10 bits per heavy atom. The molecule has 2 aromatic carbocycles. The van der Waals surface area contributed by atoms with Gasteiger partial charge in [-0.1, -0.05) is 18.2 Å². The van der Waals surface area contributed by atoms with Crippen molar-refractivity contribution in [3.63, 3.8) is 0 Å². The zero-order valence-corrected chi connectivity index (χ0v) is 11.4. The largest absolute Gasteiger partial charge is 0.478 e. The molecule has 0 fully saturated rings. The Hall–Kier alpha value is -2.62. The Kier molecular flexibility index (Phi) is 4.64. The molecule has 0 bridgehead atoms. The van der Waals surface area contributed by atoms with Crippen LogP contribution in [0.2, 0.25) is 0 Å². The first-order chi connectivity index (χ1) is 9.41. The van der Waals surface area contributed by atoms with Gasteiger partial charge < -0.3 is 10.2 Å². The molecule has 0 aliphatic rings. The van der Waals surface area contributed by atoms with E-state index in [1.807, 2.05) is 0 Å². The Morgan fingerprint density at radius 1 is 1.00 bits per heavy atom. The van der Waals surface area contributed by atoms with E-state index in [1.54, 1.807) is 32.0 Å². The van der Waals surface area contributed by atoms with Crippen molar-refractivity contribution in [3.05, 3.63) is 59.7 Å². The first-order valence-corrected chi connectivity index (χ1v) is 5.92. The Labute approximate surface area is 117 Å². The van der Waals surface area contributed by atoms with E-state index >= 15 is 0 Å². The van der Waals surface area contributed by atoms with Crippen LogP contribution in [0.15, 0.2) is 37.4 Å². The third kappa shape index (κ3) is 2.69. The fourth-order valence-corrected chi connectivity index (χ4v) is 2.16. The molecule has 0 amide bonds. The van der Waals surface area contributed by atoms with E-state index in [1.165, 1.54) is 6.07 Å². The molecule has 0 radical (unpaired) electrons. The maximum absolute atomic E-state index is 11.3. The molecule has 0 aliphatic carbocycles. The van der Waals surface area contributed by atoms with Gasteiger partial charge in [0.2, 0.25) is 0 Å². The van der Waals surface area contributed by atoms with Crippen LogP contribution in [0.3, 0.4) is 0 Å². The topological polar surface area (TPSA) is 74.6 Å². The van der Waals surface area contributed by atoms with Crippen LogP contribution in [0, 0.1) is 13.8 Å². The summed E-state index contributed by atoms with van der Waals surface area (Å²) >= 11 is 0. The molecule has 2 rings (SSSR count). The molecule has 0 saturated carbocycles. The number of aryl methyl sites for hydroxylation is 2. The summed E-state index contributed by atoms with van der Waals surface area (Å²) in [7, 11) is 0. The predicted octanol–water partition coefficient (Wildman–Crippen LogP) is 3.66. The van der Waals surface area contributed by atoms with Crippen LogP contribution in [0.25, 0.3) is 10.8 Å². The van der Waals surface area contributed by atoms with Crippen molar-refractivity contribution in [3.8, 4) is 0 Å². The molecule has 2 N–H and O–H groups in total. The lowest BCUT2D eigenvalue weighted by Crippen LogP contribution is -2.06. The van der Waals surface area contributed by atoms with E-state index in [0.717, 1.165) is 5.56 Å². The maximum atomic E-state index is 11.3. The summed E-state index contributed by atoms with van der Waals surface area (Å²) in [5, 5.41) is 19.4. The highest BCUT2D eigenvalue weighted by Crippen LogP contribution is 2.27. The van der Waals surface area contributed by atoms with Gasteiger partial charge >= 0.3 is 11.9 Å². The molecule has 0 heterocycles. The Morgan fingerprint density at radius 2 is 1.60 bits per heavy atom.